The number of aryl methyl sites for hydroxylation is 1. The lowest BCUT2D eigenvalue weighted by Crippen LogP contribution is -2.04. The molecular formula is C16H15NO4. The van der Waals surface area contributed by atoms with Crippen molar-refractivity contribution in [3.63, 3.8) is 0 Å². The summed E-state index contributed by atoms with van der Waals surface area (Å²) in [6, 6.07) is 13.7. The summed E-state index contributed by atoms with van der Waals surface area (Å²) in [5.41, 5.74) is 0.575. The fraction of sp³-hybridized carbons (Fsp3) is 0.188. The monoisotopic (exact) mass is 285 g/mol. The van der Waals surface area contributed by atoms with Gasteiger partial charge in [-0.25, -0.2) is 0 Å². The van der Waals surface area contributed by atoms with Gasteiger partial charge in [-0.1, -0.05) is 36.4 Å². The van der Waals surface area contributed by atoms with E-state index >= 15 is 0 Å². The van der Waals surface area contributed by atoms with Crippen LogP contribution in [0.2, 0.25) is 0 Å². The number of para-hydroxylation sites is 1. The van der Waals surface area contributed by atoms with E-state index in [2.05, 4.69) is 0 Å². The van der Waals surface area contributed by atoms with E-state index in [1.54, 1.807) is 0 Å². The predicted molar refractivity (Wildman–Crippen MR) is 78.5 cm³/mol. The molecule has 0 aromatic heterocycles. The van der Waals surface area contributed by atoms with Gasteiger partial charge >= 0.3 is 5.69 Å². The van der Waals surface area contributed by atoms with E-state index in [-0.39, 0.29) is 17.8 Å². The number of phenolic OH excluding ortho intramolecular Hbond substituents is 1. The Kier molecular flexibility index (Phi) is 4.66. The van der Waals surface area contributed by atoms with E-state index in [4.69, 9.17) is 0 Å². The summed E-state index contributed by atoms with van der Waals surface area (Å²) in [6.07, 6.45) is 1.55. The number of carbonyl (C=O) groups excluding carboxylic acids is 1. The number of benzene rings is 2. The largest absolute Gasteiger partial charge is 0.502 e. The van der Waals surface area contributed by atoms with Gasteiger partial charge in [0.25, 0.3) is 0 Å². The van der Waals surface area contributed by atoms with Crippen molar-refractivity contribution in [1.82, 2.24) is 0 Å². The van der Waals surface area contributed by atoms with Crippen molar-refractivity contribution in [3.05, 3.63) is 69.8 Å². The zero-order valence-corrected chi connectivity index (χ0v) is 11.4. The minimum Gasteiger partial charge on any atom is -0.502 e. The second kappa shape index (κ2) is 6.65. The van der Waals surface area contributed by atoms with Crippen LogP contribution in [0.25, 0.3) is 0 Å². The van der Waals surface area contributed by atoms with Gasteiger partial charge in [-0.2, -0.15) is 0 Å². The molecule has 0 aliphatic rings. The maximum atomic E-state index is 12.1. The van der Waals surface area contributed by atoms with Crippen LogP contribution in [0, 0.1) is 10.1 Å². The zero-order valence-electron chi connectivity index (χ0n) is 11.4. The first-order chi connectivity index (χ1) is 10.1. The molecule has 0 atom stereocenters. The predicted octanol–water partition coefficient (Wildman–Crippen LogP) is 3.51. The van der Waals surface area contributed by atoms with Gasteiger partial charge in [-0.15, -0.1) is 0 Å². The van der Waals surface area contributed by atoms with E-state index < -0.39 is 16.4 Å². The van der Waals surface area contributed by atoms with Gasteiger partial charge in [0.2, 0.25) is 0 Å². The zero-order chi connectivity index (χ0) is 15.2. The summed E-state index contributed by atoms with van der Waals surface area (Å²) < 4.78 is 0. The summed E-state index contributed by atoms with van der Waals surface area (Å²) >= 11 is 0. The third-order valence-corrected chi connectivity index (χ3v) is 3.21. The fourth-order valence-corrected chi connectivity index (χ4v) is 2.18. The number of carbonyl (C=O) groups is 1. The highest BCUT2D eigenvalue weighted by molar-refractivity contribution is 6.00. The number of Topliss-reactive ketones (excluding diaryl/α,β-unsaturated/α-hetero) is 1. The quantitative estimate of drug-likeness (QED) is 0.500. The topological polar surface area (TPSA) is 80.4 Å². The number of phenols is 1. The van der Waals surface area contributed by atoms with Crippen molar-refractivity contribution >= 4 is 11.5 Å². The maximum absolute atomic E-state index is 12.1. The van der Waals surface area contributed by atoms with Gasteiger partial charge in [-0.05, 0) is 30.5 Å². The molecule has 2 aromatic rings. The minimum absolute atomic E-state index is 0.0342. The van der Waals surface area contributed by atoms with Gasteiger partial charge in [0.1, 0.15) is 0 Å². The highest BCUT2D eigenvalue weighted by Gasteiger charge is 2.23. The third-order valence-electron chi connectivity index (χ3n) is 3.21. The lowest BCUT2D eigenvalue weighted by atomic mass is 10.0. The van der Waals surface area contributed by atoms with Crippen LogP contribution >= 0.6 is 0 Å². The number of hydrogen-bond donors (Lipinski definition) is 1. The van der Waals surface area contributed by atoms with E-state index in [9.17, 15) is 20.0 Å². The summed E-state index contributed by atoms with van der Waals surface area (Å²) in [7, 11) is 0. The molecule has 0 saturated heterocycles. The van der Waals surface area contributed by atoms with Crippen LogP contribution in [0.1, 0.15) is 28.8 Å². The Morgan fingerprint density at radius 3 is 2.48 bits per heavy atom. The van der Waals surface area contributed by atoms with Crippen molar-refractivity contribution in [2.45, 2.75) is 19.3 Å². The van der Waals surface area contributed by atoms with Crippen LogP contribution in [0.4, 0.5) is 5.69 Å². The molecule has 0 radical (unpaired) electrons. The number of ketones is 1. The molecule has 0 fully saturated rings. The molecule has 0 unspecified atom stereocenters. The summed E-state index contributed by atoms with van der Waals surface area (Å²) in [4.78, 5) is 22.3. The van der Waals surface area contributed by atoms with Crippen LogP contribution in [-0.2, 0) is 6.42 Å². The molecule has 2 rings (SSSR count). The molecule has 5 nitrogen and oxygen atoms in total. The first-order valence-electron chi connectivity index (χ1n) is 6.63. The molecule has 21 heavy (non-hydrogen) atoms. The molecule has 5 heteroatoms. The maximum Gasteiger partial charge on any atom is 0.321 e. The molecule has 0 spiro atoms. The number of aromatic hydroxyl groups is 1. The fourth-order valence-electron chi connectivity index (χ4n) is 2.18. The number of hydrogen-bond acceptors (Lipinski definition) is 4. The second-order valence-electron chi connectivity index (χ2n) is 4.69. The Bertz CT molecular complexity index is 653. The van der Waals surface area contributed by atoms with Crippen molar-refractivity contribution in [2.75, 3.05) is 0 Å². The Morgan fingerprint density at radius 1 is 1.10 bits per heavy atom. The van der Waals surface area contributed by atoms with E-state index in [0.29, 0.717) is 6.42 Å². The molecular weight excluding hydrogens is 270 g/mol. The van der Waals surface area contributed by atoms with Crippen LogP contribution in [-0.4, -0.2) is 15.8 Å². The van der Waals surface area contributed by atoms with Crippen molar-refractivity contribution in [3.8, 4) is 5.75 Å². The summed E-state index contributed by atoms with van der Waals surface area (Å²) in [5, 5.41) is 20.5. The molecule has 0 aliphatic carbocycles. The molecule has 0 saturated carbocycles. The number of nitro benzene ring substituents is 1. The standard InChI is InChI=1S/C16H15NO4/c18-14(10-4-8-12-6-2-1-3-7-12)13-9-5-11-15(19)16(13)17(20)21/h1-3,5-7,9,11,19H,4,8,10H2. The first-order valence-corrected chi connectivity index (χ1v) is 6.63. The molecule has 0 aliphatic heterocycles. The normalized spacial score (nSPS) is 10.3. The van der Waals surface area contributed by atoms with Crippen molar-refractivity contribution < 1.29 is 14.8 Å². The second-order valence-corrected chi connectivity index (χ2v) is 4.69. The lowest BCUT2D eigenvalue weighted by molar-refractivity contribution is -0.386. The summed E-state index contributed by atoms with van der Waals surface area (Å²) in [6.45, 7) is 0. The average Bonchev–Trinajstić information content (AvgIpc) is 2.47. The van der Waals surface area contributed by atoms with Gasteiger partial charge in [-0.3, -0.25) is 14.9 Å². The van der Waals surface area contributed by atoms with Crippen LogP contribution < -0.4 is 0 Å². The number of rotatable bonds is 6. The van der Waals surface area contributed by atoms with Crippen molar-refractivity contribution in [1.29, 1.82) is 0 Å². The molecule has 0 heterocycles. The Labute approximate surface area is 122 Å². The first kappa shape index (κ1) is 14.7. The Morgan fingerprint density at radius 2 is 1.81 bits per heavy atom. The third kappa shape index (κ3) is 3.66. The highest BCUT2D eigenvalue weighted by atomic mass is 16.6. The molecule has 0 bridgehead atoms. The highest BCUT2D eigenvalue weighted by Crippen LogP contribution is 2.30. The van der Waals surface area contributed by atoms with Crippen LogP contribution in [0.3, 0.4) is 0 Å². The Balaban J connectivity index is 2.04. The van der Waals surface area contributed by atoms with Gasteiger partial charge in [0.05, 0.1) is 10.5 Å². The minimum atomic E-state index is -0.722. The van der Waals surface area contributed by atoms with Gasteiger partial charge in [0.15, 0.2) is 11.5 Å². The van der Waals surface area contributed by atoms with Gasteiger partial charge < -0.3 is 5.11 Å². The van der Waals surface area contributed by atoms with Crippen LogP contribution in [0.15, 0.2) is 48.5 Å². The average molecular weight is 285 g/mol. The van der Waals surface area contributed by atoms with Crippen molar-refractivity contribution in [2.24, 2.45) is 0 Å². The number of nitro groups is 1. The van der Waals surface area contributed by atoms with Crippen LogP contribution in [0.5, 0.6) is 5.75 Å². The molecule has 1 N–H and O–H groups in total. The smallest absolute Gasteiger partial charge is 0.321 e. The Hall–Kier alpha value is -2.69. The van der Waals surface area contributed by atoms with E-state index in [1.165, 1.54) is 18.2 Å². The molecule has 2 aromatic carbocycles. The SMILES string of the molecule is O=C(CCCc1ccccc1)c1cccc(O)c1[N+](=O)[O-]. The van der Waals surface area contributed by atoms with E-state index in [0.717, 1.165) is 12.0 Å². The molecule has 108 valence electrons. The van der Waals surface area contributed by atoms with Gasteiger partial charge in [0, 0.05) is 6.42 Å². The molecule has 0 amide bonds. The summed E-state index contributed by atoms with van der Waals surface area (Å²) in [5.74, 6) is -0.803. The lowest BCUT2D eigenvalue weighted by Gasteiger charge is -2.04. The van der Waals surface area contributed by atoms with E-state index in [1.807, 2.05) is 30.3 Å². The number of nitrogens with zero attached hydrogens (tertiary/aromatic N) is 1.